The van der Waals surface area contributed by atoms with Crippen molar-refractivity contribution in [3.63, 3.8) is 0 Å². The quantitative estimate of drug-likeness (QED) is 0.205. The summed E-state index contributed by atoms with van der Waals surface area (Å²) in [6.07, 6.45) is 0.467. The molecular formula is C25H26N2O5Se. The second-order valence-corrected chi connectivity index (χ2v) is 12.8. The first kappa shape index (κ1) is 22.1. The van der Waals surface area contributed by atoms with Gasteiger partial charge in [0.2, 0.25) is 0 Å². The first-order valence-electron chi connectivity index (χ1n) is 11.0. The third-order valence-corrected chi connectivity index (χ3v) is 12.7. The first-order valence-corrected chi connectivity index (χ1v) is 12.9. The van der Waals surface area contributed by atoms with Gasteiger partial charge < -0.3 is 0 Å². The van der Waals surface area contributed by atoms with E-state index in [0.29, 0.717) is 12.0 Å². The molecule has 33 heavy (non-hydrogen) atoms. The number of non-ortho nitro benzene ring substituents is 1. The summed E-state index contributed by atoms with van der Waals surface area (Å²) in [6, 6.07) is 14.5. The average molecular weight is 513 g/mol. The average Bonchev–Trinajstić information content (AvgIpc) is 3.14. The summed E-state index contributed by atoms with van der Waals surface area (Å²) in [7, 11) is 0. The number of esters is 1. The second kappa shape index (κ2) is 7.15. The standard InChI is InChI=1S/C25H26N2O5Se/c1-23(2)17-7-5-6-8-18(17)24(3,4)25(23)19-13-20(28)26(19)21(33-25)22(29)32-14-15-9-11-16(12-10-15)27(30)31/h5-12,19,21H,13-14H2,1-4H3/t19-,21+/m1/s1. The molecule has 7 nitrogen and oxygen atoms in total. The van der Waals surface area contributed by atoms with Crippen LogP contribution in [0.1, 0.15) is 50.8 Å². The van der Waals surface area contributed by atoms with Crippen molar-refractivity contribution in [3.8, 4) is 0 Å². The monoisotopic (exact) mass is 514 g/mol. The van der Waals surface area contributed by atoms with Crippen LogP contribution in [0.3, 0.4) is 0 Å². The van der Waals surface area contributed by atoms with Gasteiger partial charge in [0.15, 0.2) is 0 Å². The molecule has 0 N–H and O–H groups in total. The Kier molecular flexibility index (Phi) is 4.79. The third kappa shape index (κ3) is 2.80. The van der Waals surface area contributed by atoms with Gasteiger partial charge in [0.05, 0.1) is 0 Å². The molecule has 2 atom stereocenters. The molecule has 8 heteroatoms. The van der Waals surface area contributed by atoms with Gasteiger partial charge in [-0.3, -0.25) is 0 Å². The maximum absolute atomic E-state index is 13.3. The van der Waals surface area contributed by atoms with E-state index in [-0.39, 0.29) is 60.3 Å². The summed E-state index contributed by atoms with van der Waals surface area (Å²) in [5.74, 6) is -0.371. The van der Waals surface area contributed by atoms with Crippen molar-refractivity contribution in [3.05, 3.63) is 75.3 Å². The zero-order chi connectivity index (χ0) is 23.8. The van der Waals surface area contributed by atoms with Gasteiger partial charge in [0.25, 0.3) is 0 Å². The Balaban J connectivity index is 1.43. The zero-order valence-corrected chi connectivity index (χ0v) is 20.7. The number of benzene rings is 2. The minimum atomic E-state index is -0.560. The van der Waals surface area contributed by atoms with Gasteiger partial charge in [-0.2, -0.15) is 0 Å². The Labute approximate surface area is 198 Å². The van der Waals surface area contributed by atoms with E-state index in [0.717, 1.165) is 0 Å². The summed E-state index contributed by atoms with van der Waals surface area (Å²) in [4.78, 5) is 37.6. The molecule has 0 radical (unpaired) electrons. The minimum absolute atomic E-state index is 0.00887. The fraction of sp³-hybridized carbons (Fsp3) is 0.440. The second-order valence-electron chi connectivity index (χ2n) is 10.1. The van der Waals surface area contributed by atoms with Gasteiger partial charge in [-0.15, -0.1) is 0 Å². The number of rotatable bonds is 4. The van der Waals surface area contributed by atoms with Gasteiger partial charge in [-0.05, 0) is 0 Å². The topological polar surface area (TPSA) is 89.8 Å². The van der Waals surface area contributed by atoms with Gasteiger partial charge in [0.1, 0.15) is 0 Å². The predicted molar refractivity (Wildman–Crippen MR) is 123 cm³/mol. The number of nitro groups is 1. The van der Waals surface area contributed by atoms with E-state index in [1.807, 2.05) is 0 Å². The number of hydrogen-bond acceptors (Lipinski definition) is 5. The van der Waals surface area contributed by atoms with Crippen molar-refractivity contribution in [2.45, 2.75) is 66.8 Å². The Morgan fingerprint density at radius 1 is 1.09 bits per heavy atom. The van der Waals surface area contributed by atoms with E-state index >= 15 is 0 Å². The molecule has 2 aromatic carbocycles. The number of carbonyl (C=O) groups is 2. The van der Waals surface area contributed by atoms with Gasteiger partial charge in [-0.25, -0.2) is 0 Å². The van der Waals surface area contributed by atoms with E-state index < -0.39 is 9.86 Å². The molecule has 172 valence electrons. The molecule has 0 unspecified atom stereocenters. The van der Waals surface area contributed by atoms with E-state index in [2.05, 4.69) is 52.0 Å². The van der Waals surface area contributed by atoms with E-state index in [1.54, 1.807) is 17.0 Å². The molecule has 0 aromatic heterocycles. The van der Waals surface area contributed by atoms with Crippen LogP contribution >= 0.6 is 0 Å². The van der Waals surface area contributed by atoms with E-state index in [1.165, 1.54) is 23.3 Å². The number of nitrogens with zero attached hydrogens (tertiary/aromatic N) is 2. The Morgan fingerprint density at radius 3 is 2.18 bits per heavy atom. The normalized spacial score (nSPS) is 25.3. The van der Waals surface area contributed by atoms with Crippen molar-refractivity contribution in [2.24, 2.45) is 0 Å². The number of fused-ring (bicyclic) bond motifs is 3. The van der Waals surface area contributed by atoms with Gasteiger partial charge >= 0.3 is 199 Å². The van der Waals surface area contributed by atoms with Crippen LogP contribution in [-0.2, 0) is 31.8 Å². The van der Waals surface area contributed by atoms with Crippen molar-refractivity contribution in [1.29, 1.82) is 0 Å². The van der Waals surface area contributed by atoms with Gasteiger partial charge in [0, 0.05) is 0 Å². The Bertz CT molecular complexity index is 1140. The molecule has 2 fully saturated rings. The molecule has 2 aromatic rings. The number of carbonyl (C=O) groups excluding carboxylic acids is 2. The van der Waals surface area contributed by atoms with Crippen molar-refractivity contribution >= 4 is 32.5 Å². The van der Waals surface area contributed by atoms with Crippen LogP contribution in [0, 0.1) is 10.1 Å². The molecule has 0 bridgehead atoms. The van der Waals surface area contributed by atoms with Crippen LogP contribution in [0.25, 0.3) is 0 Å². The molecule has 0 saturated carbocycles. The molecule has 1 spiro atoms. The summed E-state index contributed by atoms with van der Waals surface area (Å²) in [6.45, 7) is 9.06. The summed E-state index contributed by atoms with van der Waals surface area (Å²) >= 11 is -0.206. The van der Waals surface area contributed by atoms with Crippen molar-refractivity contribution in [2.75, 3.05) is 0 Å². The van der Waals surface area contributed by atoms with Gasteiger partial charge in [-0.1, -0.05) is 0 Å². The number of nitro benzene ring substituents is 1. The van der Waals surface area contributed by atoms with Crippen molar-refractivity contribution < 1.29 is 19.2 Å². The number of amides is 1. The zero-order valence-electron chi connectivity index (χ0n) is 19.0. The van der Waals surface area contributed by atoms with Crippen LogP contribution in [0.15, 0.2) is 48.5 Å². The van der Waals surface area contributed by atoms with Crippen LogP contribution in [0.4, 0.5) is 5.69 Å². The predicted octanol–water partition coefficient (Wildman–Crippen LogP) is 3.71. The maximum atomic E-state index is 13.3. The molecule has 5 rings (SSSR count). The molecule has 2 saturated heterocycles. The van der Waals surface area contributed by atoms with E-state index in [4.69, 9.17) is 4.74 Å². The van der Waals surface area contributed by atoms with Crippen molar-refractivity contribution in [1.82, 2.24) is 4.90 Å². The number of ether oxygens (including phenoxy) is 1. The molecule has 3 aliphatic rings. The molecule has 2 heterocycles. The molecular weight excluding hydrogens is 487 g/mol. The summed E-state index contributed by atoms with van der Waals surface area (Å²) in [5.41, 5.74) is 2.89. The Hall–Kier alpha value is -2.70. The fourth-order valence-electron chi connectivity index (χ4n) is 6.36. The van der Waals surface area contributed by atoms with Crippen LogP contribution < -0.4 is 0 Å². The third-order valence-electron chi connectivity index (χ3n) is 7.87. The van der Waals surface area contributed by atoms with Crippen LogP contribution in [0.2, 0.25) is 4.31 Å². The van der Waals surface area contributed by atoms with Crippen LogP contribution in [-0.4, -0.2) is 47.6 Å². The molecule has 2 aliphatic heterocycles. The summed E-state index contributed by atoms with van der Waals surface area (Å²) in [5, 5.41) is 10.9. The molecule has 1 amide bonds. The van der Waals surface area contributed by atoms with E-state index in [9.17, 15) is 19.7 Å². The number of hydrogen-bond donors (Lipinski definition) is 0. The Morgan fingerprint density at radius 2 is 1.67 bits per heavy atom. The number of β-lactam (4-membered cyclic amide) rings is 1. The molecule has 1 aliphatic carbocycles. The first-order chi connectivity index (χ1) is 15.5. The summed E-state index contributed by atoms with van der Waals surface area (Å²) < 4.78 is 5.42. The van der Waals surface area contributed by atoms with Crippen LogP contribution in [0.5, 0.6) is 0 Å². The fourth-order valence-corrected chi connectivity index (χ4v) is 10.7. The SMILES string of the molecule is CC1(C)c2ccccc2C(C)(C)C12[Se][C@@H](C(=O)OCc1ccc([N+](=O)[O-])cc1)N1C(=O)C[C@@H]12.